The zero-order valence-electron chi connectivity index (χ0n) is 16.8. The molecular formula is C21H18ClF3N2O4S. The maximum Gasteiger partial charge on any atom is 0.416 e. The van der Waals surface area contributed by atoms with E-state index in [1.165, 1.54) is 12.1 Å². The molecule has 0 saturated heterocycles. The van der Waals surface area contributed by atoms with Gasteiger partial charge >= 0.3 is 6.18 Å². The Labute approximate surface area is 187 Å². The second-order valence-corrected chi connectivity index (χ2v) is 9.06. The minimum absolute atomic E-state index is 0.00310. The highest BCUT2D eigenvalue weighted by Gasteiger charge is 2.31. The Morgan fingerprint density at radius 3 is 2.44 bits per heavy atom. The summed E-state index contributed by atoms with van der Waals surface area (Å²) >= 11 is 6.08. The molecule has 0 aliphatic heterocycles. The molecule has 11 heteroatoms. The molecule has 0 saturated carbocycles. The number of nitrogens with one attached hydrogen (secondary N) is 2. The molecule has 0 aliphatic rings. The van der Waals surface area contributed by atoms with Gasteiger partial charge in [0.15, 0.2) is 0 Å². The first-order valence-electron chi connectivity index (χ1n) is 9.23. The third kappa shape index (κ3) is 5.43. The van der Waals surface area contributed by atoms with Gasteiger partial charge in [-0.2, -0.15) is 13.2 Å². The number of carbonyl (C=O) groups excluding carboxylic acids is 1. The van der Waals surface area contributed by atoms with Gasteiger partial charge in [-0.25, -0.2) is 8.42 Å². The van der Waals surface area contributed by atoms with Crippen LogP contribution in [-0.2, 0) is 16.2 Å². The summed E-state index contributed by atoms with van der Waals surface area (Å²) < 4.78 is 71.7. The Bertz CT molecular complexity index is 1260. The summed E-state index contributed by atoms with van der Waals surface area (Å²) in [6.07, 6.45) is -4.63. The van der Waals surface area contributed by atoms with Gasteiger partial charge in [-0.15, -0.1) is 0 Å². The minimum Gasteiger partial charge on any atom is -0.464 e. The smallest absolute Gasteiger partial charge is 0.416 e. The lowest BCUT2D eigenvalue weighted by Gasteiger charge is -2.14. The number of rotatable bonds is 6. The molecule has 0 radical (unpaired) electrons. The van der Waals surface area contributed by atoms with Gasteiger partial charge < -0.3 is 9.73 Å². The van der Waals surface area contributed by atoms with E-state index >= 15 is 0 Å². The summed E-state index contributed by atoms with van der Waals surface area (Å²) in [5, 5.41) is 2.66. The van der Waals surface area contributed by atoms with Gasteiger partial charge in [0.2, 0.25) is 0 Å². The van der Waals surface area contributed by atoms with Crippen LogP contribution in [0.4, 0.5) is 18.9 Å². The largest absolute Gasteiger partial charge is 0.464 e. The van der Waals surface area contributed by atoms with Crippen LogP contribution in [0.2, 0.25) is 5.02 Å². The number of hydrogen-bond acceptors (Lipinski definition) is 4. The predicted octanol–water partition coefficient (Wildman–Crippen LogP) is 5.55. The molecule has 1 atom stereocenters. The fourth-order valence-corrected chi connectivity index (χ4v) is 4.13. The van der Waals surface area contributed by atoms with Crippen LogP contribution in [0.15, 0.2) is 63.9 Å². The molecule has 170 valence electrons. The van der Waals surface area contributed by atoms with E-state index in [1.807, 2.05) is 0 Å². The van der Waals surface area contributed by atoms with Crippen molar-refractivity contribution in [1.29, 1.82) is 0 Å². The van der Waals surface area contributed by atoms with Crippen molar-refractivity contribution in [3.63, 3.8) is 0 Å². The van der Waals surface area contributed by atoms with E-state index in [-0.39, 0.29) is 21.2 Å². The number of anilines is 1. The van der Waals surface area contributed by atoms with Gasteiger partial charge in [-0.1, -0.05) is 17.7 Å². The van der Waals surface area contributed by atoms with Crippen molar-refractivity contribution in [2.45, 2.75) is 31.0 Å². The highest BCUT2D eigenvalue weighted by atomic mass is 35.5. The van der Waals surface area contributed by atoms with Crippen LogP contribution in [0.1, 0.15) is 40.4 Å². The van der Waals surface area contributed by atoms with Crippen LogP contribution in [0.5, 0.6) is 0 Å². The molecule has 2 aromatic carbocycles. The number of aryl methyl sites for hydroxylation is 1. The summed E-state index contributed by atoms with van der Waals surface area (Å²) in [5.41, 5.74) is -1.40. The van der Waals surface area contributed by atoms with Gasteiger partial charge in [0.05, 0.1) is 27.1 Å². The zero-order chi connectivity index (χ0) is 23.7. The van der Waals surface area contributed by atoms with Gasteiger partial charge in [0.25, 0.3) is 15.9 Å². The normalized spacial score (nSPS) is 12.9. The molecule has 0 fully saturated rings. The van der Waals surface area contributed by atoms with Crippen molar-refractivity contribution in [1.82, 2.24) is 5.32 Å². The molecule has 1 heterocycles. The number of hydrogen-bond donors (Lipinski definition) is 2. The Hall–Kier alpha value is -2.98. The van der Waals surface area contributed by atoms with Gasteiger partial charge in [-0.05, 0) is 62.4 Å². The maximum absolute atomic E-state index is 12.9. The lowest BCUT2D eigenvalue weighted by Crippen LogP contribution is -2.27. The van der Waals surface area contributed by atoms with E-state index in [1.54, 1.807) is 26.0 Å². The molecular weight excluding hydrogens is 469 g/mol. The first-order chi connectivity index (χ1) is 14.9. The third-order valence-electron chi connectivity index (χ3n) is 4.47. The lowest BCUT2D eigenvalue weighted by molar-refractivity contribution is -0.137. The number of halogens is 4. The standard InChI is InChI=1S/C21H18ClF3N2O4S/c1-12-6-9-19(31-12)13(2)26-20(28)17-11-16(7-8-18(17)22)32(29,30)27-15-5-3-4-14(10-15)21(23,24)25/h3-11,13,27H,1-2H3,(H,26,28). The molecule has 1 amide bonds. The maximum atomic E-state index is 12.9. The Kier molecular flexibility index (Phi) is 6.56. The van der Waals surface area contributed by atoms with Crippen LogP contribution in [-0.4, -0.2) is 14.3 Å². The Morgan fingerprint density at radius 1 is 1.09 bits per heavy atom. The van der Waals surface area contributed by atoms with E-state index < -0.39 is 33.7 Å². The van der Waals surface area contributed by atoms with Gasteiger partial charge in [0.1, 0.15) is 11.5 Å². The number of alkyl halides is 3. The third-order valence-corrected chi connectivity index (χ3v) is 6.18. The van der Waals surface area contributed by atoms with Crippen molar-refractivity contribution in [3.05, 3.63) is 82.3 Å². The van der Waals surface area contributed by atoms with Crippen LogP contribution < -0.4 is 10.0 Å². The Balaban J connectivity index is 1.84. The first-order valence-corrected chi connectivity index (χ1v) is 11.1. The summed E-state index contributed by atoms with van der Waals surface area (Å²) in [6, 6.07) is 10.1. The predicted molar refractivity (Wildman–Crippen MR) is 113 cm³/mol. The fourth-order valence-electron chi connectivity index (χ4n) is 2.85. The molecule has 32 heavy (non-hydrogen) atoms. The summed E-state index contributed by atoms with van der Waals surface area (Å²) in [7, 11) is -4.30. The van der Waals surface area contributed by atoms with Gasteiger partial charge in [-0.3, -0.25) is 9.52 Å². The number of amides is 1. The van der Waals surface area contributed by atoms with E-state index in [0.29, 0.717) is 17.6 Å². The number of furan rings is 1. The van der Waals surface area contributed by atoms with E-state index in [9.17, 15) is 26.4 Å². The zero-order valence-corrected chi connectivity index (χ0v) is 18.4. The molecule has 6 nitrogen and oxygen atoms in total. The van der Waals surface area contributed by atoms with Crippen LogP contribution in [0, 0.1) is 6.92 Å². The molecule has 0 bridgehead atoms. The monoisotopic (exact) mass is 486 g/mol. The molecule has 1 unspecified atom stereocenters. The van der Waals surface area contributed by atoms with Crippen molar-refractivity contribution < 1.29 is 30.8 Å². The number of sulfonamides is 1. The van der Waals surface area contributed by atoms with Crippen molar-refractivity contribution >= 4 is 33.2 Å². The molecule has 2 N–H and O–H groups in total. The van der Waals surface area contributed by atoms with E-state index in [4.69, 9.17) is 16.0 Å². The van der Waals surface area contributed by atoms with E-state index in [0.717, 1.165) is 24.3 Å². The second-order valence-electron chi connectivity index (χ2n) is 6.97. The first kappa shape index (κ1) is 23.7. The highest BCUT2D eigenvalue weighted by Crippen LogP contribution is 2.31. The highest BCUT2D eigenvalue weighted by molar-refractivity contribution is 7.92. The quantitative estimate of drug-likeness (QED) is 0.478. The summed E-state index contributed by atoms with van der Waals surface area (Å²) in [5.74, 6) is 0.516. The molecule has 0 spiro atoms. The minimum atomic E-state index is -4.63. The van der Waals surface area contributed by atoms with Gasteiger partial charge in [0, 0.05) is 5.69 Å². The second kappa shape index (κ2) is 8.87. The molecule has 3 aromatic rings. The van der Waals surface area contributed by atoms with Crippen LogP contribution >= 0.6 is 11.6 Å². The summed E-state index contributed by atoms with van der Waals surface area (Å²) in [4.78, 5) is 12.3. The van der Waals surface area contributed by atoms with Crippen LogP contribution in [0.3, 0.4) is 0 Å². The topological polar surface area (TPSA) is 88.4 Å². The summed E-state index contributed by atoms with van der Waals surface area (Å²) in [6.45, 7) is 3.43. The number of benzene rings is 2. The fraction of sp³-hybridized carbons (Fsp3) is 0.190. The number of carbonyl (C=O) groups is 1. The van der Waals surface area contributed by atoms with E-state index in [2.05, 4.69) is 10.0 Å². The average molecular weight is 487 g/mol. The van der Waals surface area contributed by atoms with Crippen molar-refractivity contribution in [2.75, 3.05) is 4.72 Å². The molecule has 0 aliphatic carbocycles. The SMILES string of the molecule is Cc1ccc(C(C)NC(=O)c2cc(S(=O)(=O)Nc3cccc(C(F)(F)F)c3)ccc2Cl)o1. The lowest BCUT2D eigenvalue weighted by atomic mass is 10.2. The van der Waals surface area contributed by atoms with Crippen molar-refractivity contribution in [3.8, 4) is 0 Å². The Morgan fingerprint density at radius 2 is 1.81 bits per heavy atom. The molecule has 1 aromatic heterocycles. The van der Waals surface area contributed by atoms with Crippen LogP contribution in [0.25, 0.3) is 0 Å². The average Bonchev–Trinajstić information content (AvgIpc) is 3.14. The van der Waals surface area contributed by atoms with Crippen molar-refractivity contribution in [2.24, 2.45) is 0 Å². The molecule has 3 rings (SSSR count).